The van der Waals surface area contributed by atoms with Crippen LogP contribution in [0.4, 0.5) is 35.4 Å². The number of amides is 3. The molecule has 0 unspecified atom stereocenters. The Bertz CT molecular complexity index is 972. The van der Waals surface area contributed by atoms with Crippen molar-refractivity contribution in [3.63, 3.8) is 0 Å². The minimum absolute atomic E-state index is 0.0535. The Hall–Kier alpha value is -3.69. The molecule has 0 spiro atoms. The minimum atomic E-state index is -1.18. The molecule has 0 saturated carbocycles. The Morgan fingerprint density at radius 2 is 1.45 bits per heavy atom. The van der Waals surface area contributed by atoms with Crippen LogP contribution in [0.15, 0.2) is 36.4 Å². The van der Waals surface area contributed by atoms with Crippen molar-refractivity contribution in [3.8, 4) is 0 Å². The number of hydrogen-bond donors (Lipinski definition) is 3. The van der Waals surface area contributed by atoms with Gasteiger partial charge in [-0.3, -0.25) is 10.1 Å². The van der Waals surface area contributed by atoms with Gasteiger partial charge in [-0.15, -0.1) is 0 Å². The molecule has 0 fully saturated rings. The zero-order valence-electron chi connectivity index (χ0n) is 17.5. The molecule has 0 atom stereocenters. The summed E-state index contributed by atoms with van der Waals surface area (Å²) in [6, 6.07) is 6.98. The maximum absolute atomic E-state index is 13.6. The van der Waals surface area contributed by atoms with E-state index in [2.05, 4.69) is 20.7 Å². The third-order valence-electron chi connectivity index (χ3n) is 3.74. The van der Waals surface area contributed by atoms with Crippen molar-refractivity contribution >= 4 is 35.2 Å². The highest BCUT2D eigenvalue weighted by atomic mass is 19.2. The predicted molar refractivity (Wildman–Crippen MR) is 111 cm³/mol. The molecular weight excluding hydrogens is 412 g/mol. The van der Waals surface area contributed by atoms with E-state index in [1.54, 1.807) is 32.9 Å². The van der Waals surface area contributed by atoms with Crippen LogP contribution in [0.3, 0.4) is 0 Å². The first kappa shape index (κ1) is 23.6. The number of nitrogens with one attached hydrogen (secondary N) is 3. The van der Waals surface area contributed by atoms with Gasteiger partial charge in [0.1, 0.15) is 5.60 Å². The van der Waals surface area contributed by atoms with Crippen molar-refractivity contribution in [1.29, 1.82) is 0 Å². The Labute approximate surface area is 177 Å². The molecule has 10 heteroatoms. The Morgan fingerprint density at radius 3 is 2.00 bits per heavy atom. The maximum Gasteiger partial charge on any atom is 0.412 e. The summed E-state index contributed by atoms with van der Waals surface area (Å²) in [5.41, 5.74) is 0.143. The van der Waals surface area contributed by atoms with E-state index in [0.29, 0.717) is 11.4 Å². The minimum Gasteiger partial charge on any atom is -0.469 e. The molecule has 0 aliphatic carbocycles. The second kappa shape index (κ2) is 9.88. The topological polar surface area (TPSA) is 106 Å². The van der Waals surface area contributed by atoms with E-state index in [1.165, 1.54) is 12.1 Å². The van der Waals surface area contributed by atoms with E-state index in [-0.39, 0.29) is 17.7 Å². The van der Waals surface area contributed by atoms with Crippen molar-refractivity contribution < 1.29 is 32.6 Å². The maximum atomic E-state index is 13.6. The lowest BCUT2D eigenvalue weighted by Gasteiger charge is -2.19. The number of anilines is 3. The lowest BCUT2D eigenvalue weighted by molar-refractivity contribution is -0.139. The number of methoxy groups -OCH3 is 1. The van der Waals surface area contributed by atoms with Gasteiger partial charge in [-0.1, -0.05) is 0 Å². The molecule has 0 radical (unpaired) electrons. The van der Waals surface area contributed by atoms with Gasteiger partial charge in [0.05, 0.1) is 13.5 Å². The summed E-state index contributed by atoms with van der Waals surface area (Å²) < 4.78 is 36.8. The fraction of sp³-hybridized carbons (Fsp3) is 0.286. The SMILES string of the molecule is COC(=O)Cc1cc(F)c(F)cc1NC(=O)Nc1ccc(NC(=O)OC(C)(C)C)cc1. The van der Waals surface area contributed by atoms with Gasteiger partial charge in [-0.05, 0) is 56.7 Å². The summed E-state index contributed by atoms with van der Waals surface area (Å²) in [5, 5.41) is 7.44. The summed E-state index contributed by atoms with van der Waals surface area (Å²) >= 11 is 0. The summed E-state index contributed by atoms with van der Waals surface area (Å²) in [7, 11) is 1.16. The summed E-state index contributed by atoms with van der Waals surface area (Å²) in [5.74, 6) is -3.01. The molecule has 2 aromatic carbocycles. The predicted octanol–water partition coefficient (Wildman–Crippen LogP) is 4.67. The number of urea groups is 1. The van der Waals surface area contributed by atoms with Crippen molar-refractivity contribution in [1.82, 2.24) is 0 Å². The number of benzene rings is 2. The van der Waals surface area contributed by atoms with Crippen LogP contribution in [-0.2, 0) is 20.7 Å². The number of halogens is 2. The average molecular weight is 435 g/mol. The quantitative estimate of drug-likeness (QED) is 0.592. The fourth-order valence-corrected chi connectivity index (χ4v) is 2.42. The van der Waals surface area contributed by atoms with Crippen LogP contribution in [0.25, 0.3) is 0 Å². The molecule has 3 amide bonds. The highest BCUT2D eigenvalue weighted by molar-refractivity contribution is 6.00. The molecule has 0 aliphatic rings. The van der Waals surface area contributed by atoms with Crippen molar-refractivity contribution in [2.24, 2.45) is 0 Å². The Balaban J connectivity index is 2.04. The third kappa shape index (κ3) is 7.57. The molecule has 0 heterocycles. The van der Waals surface area contributed by atoms with Crippen LogP contribution in [0.2, 0.25) is 0 Å². The molecule has 8 nitrogen and oxygen atoms in total. The fourth-order valence-electron chi connectivity index (χ4n) is 2.42. The van der Waals surface area contributed by atoms with Gasteiger partial charge >= 0.3 is 18.1 Å². The van der Waals surface area contributed by atoms with Gasteiger partial charge in [-0.2, -0.15) is 0 Å². The average Bonchev–Trinajstić information content (AvgIpc) is 2.65. The number of ether oxygens (including phenoxy) is 2. The van der Waals surface area contributed by atoms with Crippen LogP contribution in [-0.4, -0.2) is 30.8 Å². The molecule has 0 saturated heterocycles. The van der Waals surface area contributed by atoms with Gasteiger partial charge in [0.25, 0.3) is 0 Å². The first-order valence-corrected chi connectivity index (χ1v) is 9.19. The summed E-state index contributed by atoms with van der Waals surface area (Å²) in [6.45, 7) is 5.21. The van der Waals surface area contributed by atoms with Crippen LogP contribution < -0.4 is 16.0 Å². The monoisotopic (exact) mass is 435 g/mol. The van der Waals surface area contributed by atoms with E-state index in [1.807, 2.05) is 0 Å². The standard InChI is InChI=1S/C21H23F2N3O5/c1-21(2,3)31-20(29)25-14-7-5-13(6-8-14)24-19(28)26-17-11-16(23)15(22)9-12(17)10-18(27)30-4/h5-9,11H,10H2,1-4H3,(H,25,29)(H2,24,26,28). The summed E-state index contributed by atoms with van der Waals surface area (Å²) in [6.07, 6.45) is -0.976. The Kier molecular flexibility index (Phi) is 7.51. The molecule has 31 heavy (non-hydrogen) atoms. The molecule has 3 N–H and O–H groups in total. The third-order valence-corrected chi connectivity index (χ3v) is 3.74. The van der Waals surface area contributed by atoms with E-state index < -0.39 is 35.3 Å². The van der Waals surface area contributed by atoms with Crippen LogP contribution in [0.1, 0.15) is 26.3 Å². The van der Waals surface area contributed by atoms with Crippen LogP contribution >= 0.6 is 0 Å². The van der Waals surface area contributed by atoms with E-state index in [9.17, 15) is 23.2 Å². The van der Waals surface area contributed by atoms with Crippen molar-refractivity contribution in [2.45, 2.75) is 32.8 Å². The second-order valence-corrected chi connectivity index (χ2v) is 7.46. The molecule has 2 aromatic rings. The smallest absolute Gasteiger partial charge is 0.412 e. The molecule has 2 rings (SSSR count). The van der Waals surface area contributed by atoms with Gasteiger partial charge in [0.2, 0.25) is 0 Å². The highest BCUT2D eigenvalue weighted by Crippen LogP contribution is 2.22. The number of carbonyl (C=O) groups excluding carboxylic acids is 3. The number of esters is 1. The molecule has 0 aromatic heterocycles. The number of rotatable bonds is 5. The molecule has 166 valence electrons. The first-order valence-electron chi connectivity index (χ1n) is 9.19. The van der Waals surface area contributed by atoms with Crippen LogP contribution in [0, 0.1) is 11.6 Å². The van der Waals surface area contributed by atoms with E-state index >= 15 is 0 Å². The van der Waals surface area contributed by atoms with Gasteiger partial charge in [0, 0.05) is 23.1 Å². The number of carbonyl (C=O) groups is 3. The van der Waals surface area contributed by atoms with Crippen molar-refractivity contribution in [2.75, 3.05) is 23.1 Å². The molecule has 0 bridgehead atoms. The molecular formula is C21H23F2N3O5. The van der Waals surface area contributed by atoms with E-state index in [0.717, 1.165) is 19.2 Å². The lowest BCUT2D eigenvalue weighted by Crippen LogP contribution is -2.27. The zero-order valence-corrected chi connectivity index (χ0v) is 17.5. The van der Waals surface area contributed by atoms with E-state index in [4.69, 9.17) is 4.74 Å². The Morgan fingerprint density at radius 1 is 0.903 bits per heavy atom. The second-order valence-electron chi connectivity index (χ2n) is 7.46. The summed E-state index contributed by atoms with van der Waals surface area (Å²) in [4.78, 5) is 35.5. The lowest BCUT2D eigenvalue weighted by atomic mass is 10.1. The normalized spacial score (nSPS) is 10.8. The van der Waals surface area contributed by atoms with Gasteiger partial charge in [-0.25, -0.2) is 18.4 Å². The van der Waals surface area contributed by atoms with Gasteiger partial charge in [0.15, 0.2) is 11.6 Å². The largest absolute Gasteiger partial charge is 0.469 e. The first-order chi connectivity index (χ1) is 14.5. The van der Waals surface area contributed by atoms with Crippen LogP contribution in [0.5, 0.6) is 0 Å². The zero-order chi connectivity index (χ0) is 23.2. The van der Waals surface area contributed by atoms with Crippen molar-refractivity contribution in [3.05, 3.63) is 53.6 Å². The number of hydrogen-bond acceptors (Lipinski definition) is 5. The highest BCUT2D eigenvalue weighted by Gasteiger charge is 2.17. The molecule has 0 aliphatic heterocycles. The van der Waals surface area contributed by atoms with Gasteiger partial charge < -0.3 is 20.1 Å².